The topological polar surface area (TPSA) is 86.8 Å². The Labute approximate surface area is 248 Å². The second-order valence-electron chi connectivity index (χ2n) is 9.38. The second kappa shape index (κ2) is 13.7. The molecular formula is C28H30BrCl2N3O4S. The van der Waals surface area contributed by atoms with Crippen molar-refractivity contribution in [2.75, 3.05) is 17.1 Å². The number of nitrogens with one attached hydrogen (secondary N) is 1. The van der Waals surface area contributed by atoms with Gasteiger partial charge in [0.05, 0.1) is 17.0 Å². The summed E-state index contributed by atoms with van der Waals surface area (Å²) in [5.74, 6) is -0.912. The number of nitrogens with zero attached hydrogens (tertiary/aromatic N) is 2. The van der Waals surface area contributed by atoms with Crippen molar-refractivity contribution in [2.45, 2.75) is 38.9 Å². The van der Waals surface area contributed by atoms with Gasteiger partial charge in [0.15, 0.2) is 0 Å². The van der Waals surface area contributed by atoms with Crippen molar-refractivity contribution in [1.82, 2.24) is 10.2 Å². The predicted octanol–water partition coefficient (Wildman–Crippen LogP) is 5.69. The van der Waals surface area contributed by atoms with E-state index in [0.717, 1.165) is 26.2 Å². The van der Waals surface area contributed by atoms with Crippen molar-refractivity contribution in [1.29, 1.82) is 0 Å². The summed E-state index contributed by atoms with van der Waals surface area (Å²) < 4.78 is 27.5. The van der Waals surface area contributed by atoms with E-state index < -0.39 is 28.5 Å². The highest BCUT2D eigenvalue weighted by Gasteiger charge is 2.33. The highest BCUT2D eigenvalue weighted by atomic mass is 79.9. The minimum atomic E-state index is -3.95. The summed E-state index contributed by atoms with van der Waals surface area (Å²) in [7, 11) is -3.95. The Balaban J connectivity index is 2.07. The summed E-state index contributed by atoms with van der Waals surface area (Å²) in [5.41, 5.74) is 1.70. The lowest BCUT2D eigenvalue weighted by Crippen LogP contribution is -2.54. The molecule has 0 aliphatic carbocycles. The molecule has 1 atom stereocenters. The Morgan fingerprint density at radius 1 is 0.949 bits per heavy atom. The fourth-order valence-electron chi connectivity index (χ4n) is 3.99. The van der Waals surface area contributed by atoms with E-state index in [4.69, 9.17) is 23.2 Å². The number of rotatable bonds is 11. The quantitative estimate of drug-likeness (QED) is 0.288. The molecule has 1 N–H and O–H groups in total. The van der Waals surface area contributed by atoms with Crippen LogP contribution in [-0.4, -0.2) is 50.0 Å². The molecule has 0 spiro atoms. The largest absolute Gasteiger partial charge is 0.352 e. The average Bonchev–Trinajstić information content (AvgIpc) is 2.86. The Morgan fingerprint density at radius 2 is 1.59 bits per heavy atom. The number of hydrogen-bond donors (Lipinski definition) is 1. The fourth-order valence-corrected chi connectivity index (χ4v) is 5.55. The number of carbonyl (C=O) groups is 2. The van der Waals surface area contributed by atoms with E-state index in [9.17, 15) is 18.0 Å². The SMILES string of the molecule is CC(C)NC(=O)[C@H](Cc1ccccc1)N(Cc1ccc(Br)cc1)C(=O)CN(c1cc(Cl)ccc1Cl)S(C)(=O)=O. The first-order chi connectivity index (χ1) is 18.3. The van der Waals surface area contributed by atoms with Crippen LogP contribution in [0.5, 0.6) is 0 Å². The van der Waals surface area contributed by atoms with Gasteiger partial charge in [0.1, 0.15) is 12.6 Å². The van der Waals surface area contributed by atoms with Crippen molar-refractivity contribution in [3.63, 3.8) is 0 Å². The summed E-state index contributed by atoms with van der Waals surface area (Å²) in [6.45, 7) is 3.18. The molecule has 0 aliphatic rings. The number of anilines is 1. The van der Waals surface area contributed by atoms with Crippen molar-refractivity contribution < 1.29 is 18.0 Å². The van der Waals surface area contributed by atoms with Gasteiger partial charge in [0.25, 0.3) is 0 Å². The Hall–Kier alpha value is -2.59. The van der Waals surface area contributed by atoms with Gasteiger partial charge in [0, 0.05) is 28.5 Å². The zero-order chi connectivity index (χ0) is 28.7. The molecule has 2 amide bonds. The third-order valence-corrected chi connectivity index (χ3v) is 8.03. The highest BCUT2D eigenvalue weighted by molar-refractivity contribution is 9.10. The van der Waals surface area contributed by atoms with E-state index in [1.807, 2.05) is 68.4 Å². The molecule has 0 fully saturated rings. The normalized spacial score (nSPS) is 12.2. The summed E-state index contributed by atoms with van der Waals surface area (Å²) in [4.78, 5) is 29.0. The van der Waals surface area contributed by atoms with Gasteiger partial charge in [-0.2, -0.15) is 0 Å². The van der Waals surface area contributed by atoms with Gasteiger partial charge in [-0.15, -0.1) is 0 Å². The molecule has 3 aromatic carbocycles. The van der Waals surface area contributed by atoms with E-state index in [-0.39, 0.29) is 40.6 Å². The highest BCUT2D eigenvalue weighted by Crippen LogP contribution is 2.31. The smallest absolute Gasteiger partial charge is 0.244 e. The van der Waals surface area contributed by atoms with Gasteiger partial charge in [-0.05, 0) is 55.3 Å². The fraction of sp³-hybridized carbons (Fsp3) is 0.286. The number of benzene rings is 3. The summed E-state index contributed by atoms with van der Waals surface area (Å²) in [6, 6.07) is 20.0. The van der Waals surface area contributed by atoms with E-state index in [1.165, 1.54) is 23.1 Å². The zero-order valence-corrected chi connectivity index (χ0v) is 25.7. The molecule has 0 radical (unpaired) electrons. The summed E-state index contributed by atoms with van der Waals surface area (Å²) in [5, 5.41) is 3.30. The van der Waals surface area contributed by atoms with Crippen molar-refractivity contribution >= 4 is 66.7 Å². The number of carbonyl (C=O) groups excluding carboxylic acids is 2. The lowest BCUT2D eigenvalue weighted by atomic mass is 10.0. The molecule has 0 saturated carbocycles. The van der Waals surface area contributed by atoms with Gasteiger partial charge in [-0.1, -0.05) is 81.6 Å². The van der Waals surface area contributed by atoms with Crippen LogP contribution in [0.3, 0.4) is 0 Å². The lowest BCUT2D eigenvalue weighted by molar-refractivity contribution is -0.140. The number of hydrogen-bond acceptors (Lipinski definition) is 4. The van der Waals surface area contributed by atoms with Crippen LogP contribution < -0.4 is 9.62 Å². The monoisotopic (exact) mass is 653 g/mol. The van der Waals surface area contributed by atoms with Crippen LogP contribution in [0.15, 0.2) is 77.3 Å². The third-order valence-electron chi connectivity index (χ3n) is 5.82. The van der Waals surface area contributed by atoms with Crippen molar-refractivity contribution in [3.8, 4) is 0 Å². The van der Waals surface area contributed by atoms with Gasteiger partial charge in [-0.25, -0.2) is 8.42 Å². The molecule has 208 valence electrons. The van der Waals surface area contributed by atoms with Crippen LogP contribution in [0.2, 0.25) is 10.0 Å². The standard InChI is InChI=1S/C28H30BrCl2N3O4S/c1-19(2)32-28(36)26(15-20-7-5-4-6-8-20)33(17-21-9-11-22(29)12-10-21)27(35)18-34(39(3,37)38)25-16-23(30)13-14-24(25)31/h4-14,16,19,26H,15,17-18H2,1-3H3,(H,32,36)/t26-/m0/s1. The maximum absolute atomic E-state index is 14.0. The molecule has 3 aromatic rings. The van der Waals surface area contributed by atoms with E-state index in [2.05, 4.69) is 21.2 Å². The molecule has 0 heterocycles. The molecule has 0 aromatic heterocycles. The zero-order valence-electron chi connectivity index (χ0n) is 21.8. The molecule has 0 aliphatic heterocycles. The van der Waals surface area contributed by atoms with Crippen LogP contribution in [0.4, 0.5) is 5.69 Å². The maximum Gasteiger partial charge on any atom is 0.244 e. The summed E-state index contributed by atoms with van der Waals surface area (Å²) in [6.07, 6.45) is 1.22. The van der Waals surface area contributed by atoms with E-state index in [0.29, 0.717) is 0 Å². The van der Waals surface area contributed by atoms with Gasteiger partial charge in [-0.3, -0.25) is 13.9 Å². The first kappa shape index (κ1) is 30.9. The second-order valence-corrected chi connectivity index (χ2v) is 13.0. The molecule has 0 saturated heterocycles. The van der Waals surface area contributed by atoms with Crippen LogP contribution in [0, 0.1) is 0 Å². The van der Waals surface area contributed by atoms with E-state index >= 15 is 0 Å². The Kier molecular flexibility index (Phi) is 10.8. The molecule has 0 bridgehead atoms. The maximum atomic E-state index is 14.0. The molecule has 7 nitrogen and oxygen atoms in total. The molecule has 3 rings (SSSR count). The Morgan fingerprint density at radius 3 is 2.18 bits per heavy atom. The van der Waals surface area contributed by atoms with Crippen LogP contribution in [0.1, 0.15) is 25.0 Å². The number of amides is 2. The van der Waals surface area contributed by atoms with Gasteiger partial charge < -0.3 is 10.2 Å². The van der Waals surface area contributed by atoms with Crippen LogP contribution in [-0.2, 0) is 32.6 Å². The Bertz CT molecular complexity index is 1400. The first-order valence-corrected chi connectivity index (χ1v) is 15.6. The van der Waals surface area contributed by atoms with E-state index in [1.54, 1.807) is 0 Å². The number of halogens is 3. The minimum absolute atomic E-state index is 0.0786. The third kappa shape index (κ3) is 8.96. The first-order valence-electron chi connectivity index (χ1n) is 12.2. The average molecular weight is 655 g/mol. The summed E-state index contributed by atoms with van der Waals surface area (Å²) >= 11 is 15.9. The van der Waals surface area contributed by atoms with Crippen molar-refractivity contribution in [3.05, 3.63) is 98.4 Å². The number of sulfonamides is 1. The van der Waals surface area contributed by atoms with Gasteiger partial charge >= 0.3 is 0 Å². The molecule has 11 heteroatoms. The van der Waals surface area contributed by atoms with Crippen LogP contribution >= 0.6 is 39.1 Å². The lowest BCUT2D eigenvalue weighted by Gasteiger charge is -2.34. The molecular weight excluding hydrogens is 625 g/mol. The van der Waals surface area contributed by atoms with Gasteiger partial charge in [0.2, 0.25) is 21.8 Å². The van der Waals surface area contributed by atoms with Crippen LogP contribution in [0.25, 0.3) is 0 Å². The predicted molar refractivity (Wildman–Crippen MR) is 161 cm³/mol. The van der Waals surface area contributed by atoms with Crippen molar-refractivity contribution in [2.24, 2.45) is 0 Å². The minimum Gasteiger partial charge on any atom is -0.352 e. The molecule has 39 heavy (non-hydrogen) atoms. The molecule has 0 unspecified atom stereocenters.